The van der Waals surface area contributed by atoms with Gasteiger partial charge in [0.25, 0.3) is 5.91 Å². The van der Waals surface area contributed by atoms with E-state index in [1.807, 2.05) is 19.1 Å². The lowest BCUT2D eigenvalue weighted by atomic mass is 9.84. The number of carbonyl (C=O) groups is 1. The van der Waals surface area contributed by atoms with Gasteiger partial charge in [0.1, 0.15) is 0 Å². The van der Waals surface area contributed by atoms with Crippen molar-refractivity contribution in [1.29, 1.82) is 0 Å². The Kier molecular flexibility index (Phi) is 3.57. The highest BCUT2D eigenvalue weighted by Gasteiger charge is 2.42. The maximum absolute atomic E-state index is 12.4. The van der Waals surface area contributed by atoms with Crippen LogP contribution in [0.4, 0.5) is 0 Å². The van der Waals surface area contributed by atoms with Gasteiger partial charge in [0.2, 0.25) is 0 Å². The second-order valence-electron chi connectivity index (χ2n) is 6.92. The monoisotopic (exact) mass is 271 g/mol. The van der Waals surface area contributed by atoms with Crippen LogP contribution in [-0.4, -0.2) is 11.9 Å². The summed E-state index contributed by atoms with van der Waals surface area (Å²) in [5.41, 5.74) is 3.11. The van der Waals surface area contributed by atoms with Crippen molar-refractivity contribution in [2.24, 2.45) is 17.8 Å². The number of amides is 1. The summed E-state index contributed by atoms with van der Waals surface area (Å²) in [6.07, 6.45) is 5.51. The van der Waals surface area contributed by atoms with Gasteiger partial charge in [0.15, 0.2) is 0 Å². The molecule has 2 fully saturated rings. The van der Waals surface area contributed by atoms with Crippen molar-refractivity contribution >= 4 is 5.91 Å². The van der Waals surface area contributed by atoms with E-state index in [0.29, 0.717) is 12.0 Å². The van der Waals surface area contributed by atoms with Crippen LogP contribution in [0.3, 0.4) is 0 Å². The number of fused-ring (bicyclic) bond motifs is 2. The molecule has 0 aliphatic heterocycles. The van der Waals surface area contributed by atoms with Crippen molar-refractivity contribution in [3.63, 3.8) is 0 Å². The molecule has 0 saturated heterocycles. The lowest BCUT2D eigenvalue weighted by Gasteiger charge is -2.28. The first-order chi connectivity index (χ1) is 9.54. The van der Waals surface area contributed by atoms with Gasteiger partial charge < -0.3 is 5.32 Å². The number of benzene rings is 1. The van der Waals surface area contributed by atoms with E-state index < -0.39 is 0 Å². The molecule has 0 heterocycles. The van der Waals surface area contributed by atoms with Crippen LogP contribution in [0.5, 0.6) is 0 Å². The smallest absolute Gasteiger partial charge is 0.251 e. The molecule has 1 N–H and O–H groups in total. The summed E-state index contributed by atoms with van der Waals surface area (Å²) in [6.45, 7) is 6.27. The summed E-state index contributed by atoms with van der Waals surface area (Å²) >= 11 is 0. The third kappa shape index (κ3) is 2.48. The highest BCUT2D eigenvalue weighted by atomic mass is 16.1. The van der Waals surface area contributed by atoms with Gasteiger partial charge in [-0.15, -0.1) is 0 Å². The number of carbonyl (C=O) groups excluding carboxylic acids is 1. The molecule has 1 aromatic carbocycles. The van der Waals surface area contributed by atoms with Crippen LogP contribution in [-0.2, 0) is 0 Å². The van der Waals surface area contributed by atoms with Crippen molar-refractivity contribution in [2.45, 2.75) is 52.5 Å². The number of nitrogens with one attached hydrogen (secondary N) is 1. The first-order valence-electron chi connectivity index (χ1n) is 7.92. The molecular formula is C18H25NO. The Morgan fingerprint density at radius 1 is 1.25 bits per heavy atom. The van der Waals surface area contributed by atoms with E-state index in [9.17, 15) is 4.79 Å². The van der Waals surface area contributed by atoms with Gasteiger partial charge in [0.05, 0.1) is 0 Å². The third-order valence-corrected chi connectivity index (χ3v) is 5.42. The van der Waals surface area contributed by atoms with E-state index in [2.05, 4.69) is 25.2 Å². The number of rotatable bonds is 3. The summed E-state index contributed by atoms with van der Waals surface area (Å²) in [5, 5.41) is 3.24. The van der Waals surface area contributed by atoms with Gasteiger partial charge in [-0.3, -0.25) is 4.79 Å². The molecule has 2 aliphatic rings. The van der Waals surface area contributed by atoms with Gasteiger partial charge >= 0.3 is 0 Å². The maximum atomic E-state index is 12.4. The topological polar surface area (TPSA) is 29.1 Å². The Bertz CT molecular complexity index is 522. The molecule has 1 amide bonds. The van der Waals surface area contributed by atoms with Crippen LogP contribution >= 0.6 is 0 Å². The molecule has 3 rings (SSSR count). The Hall–Kier alpha value is -1.31. The van der Waals surface area contributed by atoms with E-state index in [1.54, 1.807) is 0 Å². The normalized spacial score (nSPS) is 29.4. The lowest BCUT2D eigenvalue weighted by Crippen LogP contribution is -2.40. The summed E-state index contributed by atoms with van der Waals surface area (Å²) in [6, 6.07) is 6.35. The fourth-order valence-electron chi connectivity index (χ4n) is 4.37. The third-order valence-electron chi connectivity index (χ3n) is 5.42. The van der Waals surface area contributed by atoms with Gasteiger partial charge in [-0.05, 0) is 69.4 Å². The van der Waals surface area contributed by atoms with Crippen LogP contribution in [0.15, 0.2) is 18.2 Å². The average molecular weight is 271 g/mol. The highest BCUT2D eigenvalue weighted by molar-refractivity contribution is 5.95. The SMILES string of the molecule is Cc1ccc(C(=O)N[C@@H](C)[C@@H]2C[C@H]3CC[C@H]2C3)c(C)c1. The van der Waals surface area contributed by atoms with Gasteiger partial charge in [-0.2, -0.15) is 0 Å². The molecule has 108 valence electrons. The molecule has 0 spiro atoms. The summed E-state index contributed by atoms with van der Waals surface area (Å²) in [5.74, 6) is 2.58. The molecular weight excluding hydrogens is 246 g/mol. The Morgan fingerprint density at radius 2 is 2.05 bits per heavy atom. The van der Waals surface area contributed by atoms with E-state index in [4.69, 9.17) is 0 Å². The summed E-state index contributed by atoms with van der Waals surface area (Å²) in [7, 11) is 0. The minimum atomic E-state index is 0.0952. The second-order valence-corrected chi connectivity index (χ2v) is 6.92. The minimum absolute atomic E-state index is 0.0952. The first-order valence-corrected chi connectivity index (χ1v) is 7.92. The Morgan fingerprint density at radius 3 is 2.65 bits per heavy atom. The number of aryl methyl sites for hydroxylation is 2. The van der Waals surface area contributed by atoms with Crippen LogP contribution < -0.4 is 5.32 Å². The molecule has 4 atom stereocenters. The predicted octanol–water partition coefficient (Wildman–Crippen LogP) is 3.86. The Balaban J connectivity index is 1.66. The quantitative estimate of drug-likeness (QED) is 0.888. The molecule has 0 radical (unpaired) electrons. The average Bonchev–Trinajstić information content (AvgIpc) is 3.00. The fourth-order valence-corrected chi connectivity index (χ4v) is 4.37. The molecule has 20 heavy (non-hydrogen) atoms. The van der Waals surface area contributed by atoms with E-state index in [1.165, 1.54) is 31.2 Å². The van der Waals surface area contributed by atoms with Crippen molar-refractivity contribution in [3.05, 3.63) is 34.9 Å². The zero-order chi connectivity index (χ0) is 14.3. The first kappa shape index (κ1) is 13.7. The molecule has 2 heteroatoms. The fraction of sp³-hybridized carbons (Fsp3) is 0.611. The molecule has 2 nitrogen and oxygen atoms in total. The number of hydrogen-bond acceptors (Lipinski definition) is 1. The van der Waals surface area contributed by atoms with Gasteiger partial charge in [-0.25, -0.2) is 0 Å². The van der Waals surface area contributed by atoms with E-state index >= 15 is 0 Å². The molecule has 2 bridgehead atoms. The van der Waals surface area contributed by atoms with Crippen molar-refractivity contribution < 1.29 is 4.79 Å². The standard InChI is InChI=1S/C18H25NO/c1-11-4-7-16(12(2)8-11)18(20)19-13(3)17-10-14-5-6-15(17)9-14/h4,7-8,13-15,17H,5-6,9-10H2,1-3H3,(H,19,20)/t13-,14-,15-,17-/m0/s1. The summed E-state index contributed by atoms with van der Waals surface area (Å²) < 4.78 is 0. The molecule has 2 aliphatic carbocycles. The highest BCUT2D eigenvalue weighted by Crippen LogP contribution is 2.49. The zero-order valence-corrected chi connectivity index (χ0v) is 12.8. The van der Waals surface area contributed by atoms with E-state index in [-0.39, 0.29) is 5.91 Å². The second kappa shape index (κ2) is 5.23. The van der Waals surface area contributed by atoms with Crippen LogP contribution in [0.2, 0.25) is 0 Å². The van der Waals surface area contributed by atoms with Crippen molar-refractivity contribution in [1.82, 2.24) is 5.32 Å². The van der Waals surface area contributed by atoms with Crippen molar-refractivity contribution in [2.75, 3.05) is 0 Å². The molecule has 0 aromatic heterocycles. The summed E-state index contributed by atoms with van der Waals surface area (Å²) in [4.78, 5) is 12.4. The lowest BCUT2D eigenvalue weighted by molar-refractivity contribution is 0.0914. The minimum Gasteiger partial charge on any atom is -0.349 e. The van der Waals surface area contributed by atoms with Gasteiger partial charge in [-0.1, -0.05) is 24.1 Å². The number of hydrogen-bond donors (Lipinski definition) is 1. The molecule has 0 unspecified atom stereocenters. The van der Waals surface area contributed by atoms with Crippen LogP contribution in [0, 0.1) is 31.6 Å². The molecule has 1 aromatic rings. The van der Waals surface area contributed by atoms with Crippen LogP contribution in [0.1, 0.15) is 54.1 Å². The largest absolute Gasteiger partial charge is 0.349 e. The van der Waals surface area contributed by atoms with E-state index in [0.717, 1.165) is 23.0 Å². The van der Waals surface area contributed by atoms with Crippen LogP contribution in [0.25, 0.3) is 0 Å². The zero-order valence-electron chi connectivity index (χ0n) is 12.8. The maximum Gasteiger partial charge on any atom is 0.251 e. The Labute approximate surface area is 122 Å². The van der Waals surface area contributed by atoms with Gasteiger partial charge in [0, 0.05) is 11.6 Å². The van der Waals surface area contributed by atoms with Crippen molar-refractivity contribution in [3.8, 4) is 0 Å². The predicted molar refractivity (Wildman–Crippen MR) is 81.8 cm³/mol. The molecule has 2 saturated carbocycles.